The van der Waals surface area contributed by atoms with Crippen LogP contribution in [0.4, 0.5) is 10.5 Å². The highest BCUT2D eigenvalue weighted by atomic mass is 79.9. The summed E-state index contributed by atoms with van der Waals surface area (Å²) in [5.74, 6) is 0.612. The summed E-state index contributed by atoms with van der Waals surface area (Å²) < 4.78 is 21.9. The Balaban J connectivity index is 1.79. The Morgan fingerprint density at radius 1 is 1.04 bits per heavy atom. The lowest BCUT2D eigenvalue weighted by atomic mass is 10.2. The predicted molar refractivity (Wildman–Crippen MR) is 103 cm³/mol. The van der Waals surface area contributed by atoms with Crippen molar-refractivity contribution in [2.24, 2.45) is 0 Å². The lowest BCUT2D eigenvalue weighted by Gasteiger charge is -2.11. The van der Waals surface area contributed by atoms with Gasteiger partial charge >= 0.3 is 6.09 Å². The van der Waals surface area contributed by atoms with Crippen LogP contribution in [0.3, 0.4) is 0 Å². The van der Waals surface area contributed by atoms with E-state index >= 15 is 0 Å². The first-order valence-corrected chi connectivity index (χ1v) is 8.95. The molecule has 7 heteroatoms. The molecule has 0 atom stereocenters. The van der Waals surface area contributed by atoms with Gasteiger partial charge in [-0.1, -0.05) is 30.3 Å². The Morgan fingerprint density at radius 2 is 1.81 bits per heavy atom. The van der Waals surface area contributed by atoms with Gasteiger partial charge in [-0.25, -0.2) is 4.79 Å². The Morgan fingerprint density at radius 3 is 2.58 bits per heavy atom. The van der Waals surface area contributed by atoms with Gasteiger partial charge in [0.1, 0.15) is 19.0 Å². The largest absolute Gasteiger partial charge is 0.490 e. The minimum Gasteiger partial charge on any atom is -0.490 e. The second kappa shape index (κ2) is 11.5. The Hall–Kier alpha value is -2.09. The molecule has 0 aliphatic carbocycles. The number of benzene rings is 2. The first kappa shape index (κ1) is 20.2. The van der Waals surface area contributed by atoms with Gasteiger partial charge in [-0.05, 0) is 33.6 Å². The topological polar surface area (TPSA) is 66.0 Å². The normalized spacial score (nSPS) is 10.4. The van der Waals surface area contributed by atoms with Crippen LogP contribution in [0, 0.1) is 0 Å². The first-order chi connectivity index (χ1) is 12.7. The number of halogens is 1. The Labute approximate surface area is 161 Å². The van der Waals surface area contributed by atoms with Gasteiger partial charge in [0.25, 0.3) is 0 Å². The Kier molecular flexibility index (Phi) is 8.95. The summed E-state index contributed by atoms with van der Waals surface area (Å²) in [6.45, 7) is 2.13. The molecule has 0 saturated carbocycles. The van der Waals surface area contributed by atoms with Crippen LogP contribution >= 0.6 is 15.9 Å². The smallest absolute Gasteiger partial charge is 0.411 e. The average molecular weight is 424 g/mol. The summed E-state index contributed by atoms with van der Waals surface area (Å²) in [7, 11) is 1.63. The molecule has 26 heavy (non-hydrogen) atoms. The third-order valence-electron chi connectivity index (χ3n) is 3.31. The molecule has 1 N–H and O–H groups in total. The molecule has 6 nitrogen and oxygen atoms in total. The number of hydrogen-bond donors (Lipinski definition) is 1. The van der Waals surface area contributed by atoms with E-state index in [1.807, 2.05) is 30.3 Å². The number of methoxy groups -OCH3 is 1. The van der Waals surface area contributed by atoms with E-state index in [9.17, 15) is 4.79 Å². The molecule has 0 bridgehead atoms. The molecular formula is C19H22BrNO5. The number of ether oxygens (including phenoxy) is 4. The quantitative estimate of drug-likeness (QED) is 0.578. The zero-order chi connectivity index (χ0) is 18.6. The number of nitrogens with one attached hydrogen (secondary N) is 1. The number of anilines is 1. The number of amides is 1. The summed E-state index contributed by atoms with van der Waals surface area (Å²) in [5, 5.41) is 2.69. The van der Waals surface area contributed by atoms with Crippen molar-refractivity contribution in [1.82, 2.24) is 0 Å². The highest BCUT2D eigenvalue weighted by Crippen LogP contribution is 2.28. The zero-order valence-corrected chi connectivity index (χ0v) is 16.2. The minimum absolute atomic E-state index is 0.214. The van der Waals surface area contributed by atoms with E-state index in [-0.39, 0.29) is 6.61 Å². The van der Waals surface area contributed by atoms with Gasteiger partial charge in [0.05, 0.1) is 24.3 Å². The number of carbonyl (C=O) groups is 1. The molecule has 2 rings (SSSR count). The monoisotopic (exact) mass is 423 g/mol. The fourth-order valence-corrected chi connectivity index (χ4v) is 2.38. The van der Waals surface area contributed by atoms with Crippen molar-refractivity contribution < 1.29 is 23.7 Å². The molecule has 0 aliphatic heterocycles. The number of carbonyl (C=O) groups excluding carboxylic acids is 1. The first-order valence-electron chi connectivity index (χ1n) is 8.16. The minimum atomic E-state index is -0.523. The van der Waals surface area contributed by atoms with Crippen molar-refractivity contribution in [1.29, 1.82) is 0 Å². The van der Waals surface area contributed by atoms with Crippen molar-refractivity contribution in [2.45, 2.75) is 6.61 Å². The third kappa shape index (κ3) is 7.43. The zero-order valence-electron chi connectivity index (χ0n) is 14.6. The van der Waals surface area contributed by atoms with E-state index in [0.717, 1.165) is 10.0 Å². The molecule has 0 heterocycles. The molecule has 0 radical (unpaired) electrons. The molecule has 2 aromatic rings. The summed E-state index contributed by atoms with van der Waals surface area (Å²) in [5.41, 5.74) is 1.51. The van der Waals surface area contributed by atoms with E-state index in [1.165, 1.54) is 0 Å². The Bertz CT molecular complexity index is 681. The third-order valence-corrected chi connectivity index (χ3v) is 3.96. The van der Waals surface area contributed by atoms with Crippen LogP contribution in [0.15, 0.2) is 53.0 Å². The predicted octanol–water partition coefficient (Wildman–Crippen LogP) is 4.24. The van der Waals surface area contributed by atoms with E-state index in [4.69, 9.17) is 18.9 Å². The number of rotatable bonds is 10. The molecule has 0 fully saturated rings. The maximum absolute atomic E-state index is 11.9. The van der Waals surface area contributed by atoms with Gasteiger partial charge in [-0.15, -0.1) is 0 Å². The van der Waals surface area contributed by atoms with E-state index in [1.54, 1.807) is 25.3 Å². The van der Waals surface area contributed by atoms with Crippen LogP contribution in [0.1, 0.15) is 5.56 Å². The van der Waals surface area contributed by atoms with Crippen LogP contribution in [0.5, 0.6) is 5.75 Å². The van der Waals surface area contributed by atoms with Crippen LogP contribution in [-0.4, -0.2) is 39.6 Å². The lowest BCUT2D eigenvalue weighted by molar-refractivity contribution is 0.0543. The number of hydrogen-bond acceptors (Lipinski definition) is 5. The molecule has 1 amide bonds. The van der Waals surface area contributed by atoms with Gasteiger partial charge in [0, 0.05) is 18.9 Å². The van der Waals surface area contributed by atoms with Crippen molar-refractivity contribution in [2.75, 3.05) is 38.9 Å². The average Bonchev–Trinajstić information content (AvgIpc) is 2.66. The van der Waals surface area contributed by atoms with Crippen LogP contribution < -0.4 is 10.1 Å². The molecule has 140 valence electrons. The SMILES string of the molecule is COCCOCCOc1cc(NC(=O)OCc2ccccc2)ccc1Br. The van der Waals surface area contributed by atoms with Gasteiger partial charge in [0.15, 0.2) is 0 Å². The van der Waals surface area contributed by atoms with Crippen molar-refractivity contribution in [3.8, 4) is 5.75 Å². The van der Waals surface area contributed by atoms with E-state index < -0.39 is 6.09 Å². The molecule has 0 saturated heterocycles. The molecular weight excluding hydrogens is 402 g/mol. The highest BCUT2D eigenvalue weighted by Gasteiger charge is 2.07. The fraction of sp³-hybridized carbons (Fsp3) is 0.316. The summed E-state index contributed by atoms with van der Waals surface area (Å²) in [4.78, 5) is 11.9. The van der Waals surface area contributed by atoms with Gasteiger partial charge in [-0.3, -0.25) is 5.32 Å². The second-order valence-electron chi connectivity index (χ2n) is 5.29. The maximum atomic E-state index is 11.9. The van der Waals surface area contributed by atoms with E-state index in [2.05, 4.69) is 21.2 Å². The van der Waals surface area contributed by atoms with Crippen molar-refractivity contribution >= 4 is 27.7 Å². The molecule has 0 unspecified atom stereocenters. The molecule has 0 aromatic heterocycles. The van der Waals surface area contributed by atoms with E-state index in [0.29, 0.717) is 37.9 Å². The summed E-state index contributed by atoms with van der Waals surface area (Å²) in [6, 6.07) is 14.8. The van der Waals surface area contributed by atoms with Crippen LogP contribution in [0.25, 0.3) is 0 Å². The summed E-state index contributed by atoms with van der Waals surface area (Å²) >= 11 is 3.42. The maximum Gasteiger partial charge on any atom is 0.411 e. The van der Waals surface area contributed by atoms with Crippen molar-refractivity contribution in [3.63, 3.8) is 0 Å². The van der Waals surface area contributed by atoms with Crippen molar-refractivity contribution in [3.05, 3.63) is 58.6 Å². The standard InChI is InChI=1S/C19H22BrNO5/c1-23-9-10-24-11-12-25-18-13-16(7-8-17(18)20)21-19(22)26-14-15-5-3-2-4-6-15/h2-8,13H,9-12,14H2,1H3,(H,21,22). The fourth-order valence-electron chi connectivity index (χ4n) is 2.02. The van der Waals surface area contributed by atoms with Crippen LogP contribution in [0.2, 0.25) is 0 Å². The van der Waals surface area contributed by atoms with Gasteiger partial charge in [0.2, 0.25) is 0 Å². The lowest BCUT2D eigenvalue weighted by Crippen LogP contribution is -2.14. The molecule has 0 aliphatic rings. The van der Waals surface area contributed by atoms with Gasteiger partial charge in [-0.2, -0.15) is 0 Å². The molecule has 0 spiro atoms. The van der Waals surface area contributed by atoms with Crippen LogP contribution in [-0.2, 0) is 20.8 Å². The summed E-state index contributed by atoms with van der Waals surface area (Å²) in [6.07, 6.45) is -0.523. The molecule has 2 aromatic carbocycles. The van der Waals surface area contributed by atoms with Gasteiger partial charge < -0.3 is 18.9 Å². The highest BCUT2D eigenvalue weighted by molar-refractivity contribution is 9.10. The second-order valence-corrected chi connectivity index (χ2v) is 6.14.